The number of carbonyl (C=O) groups is 1. The van der Waals surface area contributed by atoms with Gasteiger partial charge in [0.25, 0.3) is 5.91 Å². The lowest BCUT2D eigenvalue weighted by Gasteiger charge is -2.25. The number of carbonyl (C=O) groups excluding carboxylic acids is 1. The molecule has 0 radical (unpaired) electrons. The van der Waals surface area contributed by atoms with Crippen molar-refractivity contribution in [3.63, 3.8) is 0 Å². The lowest BCUT2D eigenvalue weighted by atomic mass is 10.1. The van der Waals surface area contributed by atoms with E-state index in [1.807, 2.05) is 4.90 Å². The van der Waals surface area contributed by atoms with Gasteiger partial charge in [0.1, 0.15) is 0 Å². The Bertz CT molecular complexity index is 961. The number of hydrogen-bond donors (Lipinski definition) is 2. The number of alkyl halides is 3. The van der Waals surface area contributed by atoms with Gasteiger partial charge < -0.3 is 16.0 Å². The first-order valence-electron chi connectivity index (χ1n) is 10.2. The molecular formula is C21H28F3N5O2S. The summed E-state index contributed by atoms with van der Waals surface area (Å²) in [6.45, 7) is 2.44. The van der Waals surface area contributed by atoms with Crippen LogP contribution in [0.1, 0.15) is 47.3 Å². The molecule has 0 saturated carbocycles. The van der Waals surface area contributed by atoms with Crippen LogP contribution in [0.3, 0.4) is 0 Å². The van der Waals surface area contributed by atoms with Gasteiger partial charge in [-0.3, -0.25) is 9.00 Å². The molecule has 1 fully saturated rings. The lowest BCUT2D eigenvalue weighted by molar-refractivity contribution is -0.142. The molecule has 32 heavy (non-hydrogen) atoms. The molecule has 3 N–H and O–H groups in total. The SMILES string of the molecule is CN.Cc1c(C(F)(F)F)nnc(N2CCCCCC2)c1C(=O)Nc1cccc(S(C)=O)c1. The molecule has 3 rings (SSSR count). The highest BCUT2D eigenvalue weighted by Crippen LogP contribution is 2.34. The summed E-state index contributed by atoms with van der Waals surface area (Å²) in [5.41, 5.74) is 3.28. The number of nitrogens with two attached hydrogens (primary N) is 1. The van der Waals surface area contributed by atoms with E-state index in [1.54, 1.807) is 18.2 Å². The smallest absolute Gasteiger partial charge is 0.354 e. The first-order valence-corrected chi connectivity index (χ1v) is 11.8. The summed E-state index contributed by atoms with van der Waals surface area (Å²) in [5.74, 6) is -0.540. The minimum atomic E-state index is -4.72. The summed E-state index contributed by atoms with van der Waals surface area (Å²) in [6, 6.07) is 6.40. The van der Waals surface area contributed by atoms with Crippen LogP contribution in [0.15, 0.2) is 29.2 Å². The highest BCUT2D eigenvalue weighted by atomic mass is 32.2. The summed E-state index contributed by atoms with van der Waals surface area (Å²) in [4.78, 5) is 15.4. The van der Waals surface area contributed by atoms with Gasteiger partial charge in [-0.15, -0.1) is 10.2 Å². The van der Waals surface area contributed by atoms with Crippen molar-refractivity contribution >= 4 is 28.2 Å². The van der Waals surface area contributed by atoms with E-state index < -0.39 is 28.6 Å². The molecule has 1 aromatic carbocycles. The maximum Gasteiger partial charge on any atom is 0.435 e. The van der Waals surface area contributed by atoms with Crippen molar-refractivity contribution in [2.45, 2.75) is 43.7 Å². The summed E-state index contributed by atoms with van der Waals surface area (Å²) >= 11 is 0. The van der Waals surface area contributed by atoms with E-state index in [9.17, 15) is 22.2 Å². The van der Waals surface area contributed by atoms with E-state index >= 15 is 0 Å². The second-order valence-electron chi connectivity index (χ2n) is 7.21. The first kappa shape index (κ1) is 25.7. The summed E-state index contributed by atoms with van der Waals surface area (Å²) < 4.78 is 52.0. The molecule has 0 bridgehead atoms. The number of hydrogen-bond acceptors (Lipinski definition) is 6. The van der Waals surface area contributed by atoms with Gasteiger partial charge in [0.2, 0.25) is 0 Å². The van der Waals surface area contributed by atoms with Gasteiger partial charge in [-0.1, -0.05) is 18.9 Å². The number of halogens is 3. The van der Waals surface area contributed by atoms with Crippen molar-refractivity contribution in [2.75, 3.05) is 36.6 Å². The van der Waals surface area contributed by atoms with Crippen LogP contribution in [0.5, 0.6) is 0 Å². The molecule has 2 aromatic rings. The number of nitrogens with zero attached hydrogens (tertiary/aromatic N) is 3. The monoisotopic (exact) mass is 471 g/mol. The van der Waals surface area contributed by atoms with E-state index in [2.05, 4.69) is 21.2 Å². The van der Waals surface area contributed by atoms with Crippen LogP contribution in [0, 0.1) is 6.92 Å². The summed E-state index contributed by atoms with van der Waals surface area (Å²) in [7, 11) is 0.241. The number of rotatable bonds is 4. The third-order valence-corrected chi connectivity index (χ3v) is 5.94. The Balaban J connectivity index is 0.00000176. The topological polar surface area (TPSA) is 101 Å². The van der Waals surface area contributed by atoms with Crippen molar-refractivity contribution in [3.05, 3.63) is 41.1 Å². The van der Waals surface area contributed by atoms with Gasteiger partial charge in [-0.2, -0.15) is 13.2 Å². The molecule has 0 spiro atoms. The molecule has 0 aliphatic carbocycles. The fraction of sp³-hybridized carbons (Fsp3) is 0.476. The Kier molecular flexibility index (Phi) is 9.14. The standard InChI is InChI=1S/C20H23F3N4O2S.CH5N/c1-13-16(19(28)24-14-8-7-9-15(12-14)30(2)29)18(26-25-17(13)20(21,22)23)27-10-5-3-4-6-11-27;1-2/h7-9,12H,3-6,10-11H2,1-2H3,(H,24,28);2H2,1H3. The maximum absolute atomic E-state index is 13.4. The molecule has 1 saturated heterocycles. The van der Waals surface area contributed by atoms with E-state index in [0.717, 1.165) is 25.7 Å². The minimum absolute atomic E-state index is 0.137. The Hall–Kier alpha value is -2.53. The Morgan fingerprint density at radius 1 is 1.12 bits per heavy atom. The van der Waals surface area contributed by atoms with Crippen molar-refractivity contribution < 1.29 is 22.2 Å². The van der Waals surface area contributed by atoms with Crippen molar-refractivity contribution in [1.29, 1.82) is 0 Å². The number of anilines is 2. The maximum atomic E-state index is 13.4. The molecule has 1 aliphatic rings. The molecule has 1 unspecified atom stereocenters. The molecule has 1 amide bonds. The highest BCUT2D eigenvalue weighted by Gasteiger charge is 2.38. The molecular weight excluding hydrogens is 443 g/mol. The molecule has 1 atom stereocenters. The van der Waals surface area contributed by atoms with Crippen LogP contribution >= 0.6 is 0 Å². The van der Waals surface area contributed by atoms with Crippen LogP contribution in [-0.2, 0) is 17.0 Å². The second kappa shape index (κ2) is 11.4. The van der Waals surface area contributed by atoms with E-state index in [0.29, 0.717) is 23.7 Å². The average Bonchev–Trinajstić information content (AvgIpc) is 3.03. The number of amides is 1. The van der Waals surface area contributed by atoms with Crippen LogP contribution in [0.25, 0.3) is 0 Å². The largest absolute Gasteiger partial charge is 0.435 e. The predicted molar refractivity (Wildman–Crippen MR) is 119 cm³/mol. The normalized spacial score (nSPS) is 15.3. The second-order valence-corrected chi connectivity index (χ2v) is 8.59. The summed E-state index contributed by atoms with van der Waals surface area (Å²) in [5, 5.41) is 9.86. The quantitative estimate of drug-likeness (QED) is 0.704. The first-order chi connectivity index (χ1) is 15.2. The Morgan fingerprint density at radius 3 is 2.31 bits per heavy atom. The molecule has 11 heteroatoms. The zero-order valence-electron chi connectivity index (χ0n) is 18.3. The molecule has 176 valence electrons. The van der Waals surface area contributed by atoms with Crippen LogP contribution in [0.4, 0.5) is 24.7 Å². The number of benzene rings is 1. The molecule has 2 heterocycles. The Morgan fingerprint density at radius 2 is 1.75 bits per heavy atom. The number of aromatic nitrogens is 2. The van der Waals surface area contributed by atoms with Crippen molar-refractivity contribution in [2.24, 2.45) is 5.73 Å². The van der Waals surface area contributed by atoms with E-state index in [1.165, 1.54) is 26.3 Å². The zero-order chi connectivity index (χ0) is 23.9. The average molecular weight is 472 g/mol. The van der Waals surface area contributed by atoms with Crippen LogP contribution in [0.2, 0.25) is 0 Å². The fourth-order valence-corrected chi connectivity index (χ4v) is 4.06. The third kappa shape index (κ3) is 6.26. The molecule has 1 aromatic heterocycles. The van der Waals surface area contributed by atoms with Gasteiger partial charge in [-0.05, 0) is 50.6 Å². The predicted octanol–water partition coefficient (Wildman–Crippen LogP) is 3.75. The van der Waals surface area contributed by atoms with Crippen molar-refractivity contribution in [3.8, 4) is 0 Å². The molecule has 7 nitrogen and oxygen atoms in total. The van der Waals surface area contributed by atoms with E-state index in [4.69, 9.17) is 0 Å². The Labute approximate surface area is 188 Å². The van der Waals surface area contributed by atoms with Gasteiger partial charge in [-0.25, -0.2) is 0 Å². The highest BCUT2D eigenvalue weighted by molar-refractivity contribution is 7.84. The van der Waals surface area contributed by atoms with Gasteiger partial charge in [0.15, 0.2) is 11.5 Å². The van der Waals surface area contributed by atoms with Crippen LogP contribution < -0.4 is 16.0 Å². The van der Waals surface area contributed by atoms with E-state index in [-0.39, 0.29) is 16.9 Å². The summed E-state index contributed by atoms with van der Waals surface area (Å²) in [6.07, 6.45) is 0.561. The van der Waals surface area contributed by atoms with Crippen LogP contribution in [-0.4, -0.2) is 46.7 Å². The lowest BCUT2D eigenvalue weighted by Crippen LogP contribution is -2.30. The van der Waals surface area contributed by atoms with Crippen molar-refractivity contribution in [1.82, 2.24) is 10.2 Å². The minimum Gasteiger partial charge on any atom is -0.354 e. The zero-order valence-corrected chi connectivity index (χ0v) is 19.1. The van der Waals surface area contributed by atoms with Gasteiger partial charge in [0.05, 0.1) is 5.56 Å². The van der Waals surface area contributed by atoms with Gasteiger partial charge >= 0.3 is 6.18 Å². The fourth-order valence-electron chi connectivity index (χ4n) is 3.50. The molecule has 1 aliphatic heterocycles. The van der Waals surface area contributed by atoms with Gasteiger partial charge in [0, 0.05) is 40.7 Å². The number of nitrogens with one attached hydrogen (secondary N) is 1. The third-order valence-electron chi connectivity index (χ3n) is 5.02.